The molecule has 0 aliphatic carbocycles. The molecule has 0 atom stereocenters. The Kier molecular flexibility index (Phi) is 5.71. The third-order valence-electron chi connectivity index (χ3n) is 2.77. The molecule has 8 heteroatoms. The molecular formula is C13H23N5O3. The van der Waals surface area contributed by atoms with E-state index in [1.807, 2.05) is 30.9 Å². The summed E-state index contributed by atoms with van der Waals surface area (Å²) in [6.07, 6.45) is -0.209. The fraction of sp³-hybridized carbons (Fsp3) is 0.615. The number of ether oxygens (including phenoxy) is 1. The highest BCUT2D eigenvalue weighted by molar-refractivity contribution is 5.68. The summed E-state index contributed by atoms with van der Waals surface area (Å²) < 4.78 is 5.43. The van der Waals surface area contributed by atoms with Crippen molar-refractivity contribution < 1.29 is 9.66 Å². The van der Waals surface area contributed by atoms with Crippen LogP contribution in [0.3, 0.4) is 0 Å². The summed E-state index contributed by atoms with van der Waals surface area (Å²) in [7, 11) is 5.77. The SMILES string of the molecule is CC(C)Oc1nc(N(C)CCN(C)C)c(N)cc1[N+](=O)[O-]. The molecule has 0 aromatic carbocycles. The van der Waals surface area contributed by atoms with Gasteiger partial charge in [0.05, 0.1) is 16.7 Å². The number of nitrogens with two attached hydrogens (primary N) is 1. The van der Waals surface area contributed by atoms with E-state index in [1.165, 1.54) is 6.07 Å². The van der Waals surface area contributed by atoms with Crippen LogP contribution in [0.2, 0.25) is 0 Å². The predicted octanol–water partition coefficient (Wildman–Crippen LogP) is 1.36. The maximum absolute atomic E-state index is 11.1. The van der Waals surface area contributed by atoms with Crippen LogP contribution in [0.1, 0.15) is 13.8 Å². The van der Waals surface area contributed by atoms with E-state index in [9.17, 15) is 10.1 Å². The normalized spacial score (nSPS) is 11.0. The van der Waals surface area contributed by atoms with Crippen molar-refractivity contribution in [1.29, 1.82) is 0 Å². The van der Waals surface area contributed by atoms with Gasteiger partial charge in [0.2, 0.25) is 0 Å². The van der Waals surface area contributed by atoms with Gasteiger partial charge in [0, 0.05) is 26.2 Å². The minimum absolute atomic E-state index is 0.00379. The maximum atomic E-state index is 11.1. The van der Waals surface area contributed by atoms with E-state index in [0.717, 1.165) is 6.54 Å². The molecule has 0 amide bonds. The molecule has 0 aliphatic heterocycles. The standard InChI is InChI=1S/C13H23N5O3/c1-9(2)21-13-11(18(19)20)8-10(14)12(15-13)17(5)7-6-16(3)4/h8-9H,6-7,14H2,1-5H3. The van der Waals surface area contributed by atoms with Crippen LogP contribution in [0.15, 0.2) is 6.07 Å². The molecule has 118 valence electrons. The summed E-state index contributed by atoms with van der Waals surface area (Å²) in [6, 6.07) is 1.30. The smallest absolute Gasteiger partial charge is 0.333 e. The number of hydrogen-bond donors (Lipinski definition) is 1. The number of pyridine rings is 1. The molecule has 0 spiro atoms. The summed E-state index contributed by atoms with van der Waals surface area (Å²) in [4.78, 5) is 18.6. The van der Waals surface area contributed by atoms with Gasteiger partial charge in [-0.15, -0.1) is 0 Å². The fourth-order valence-corrected chi connectivity index (χ4v) is 1.69. The second kappa shape index (κ2) is 7.07. The zero-order valence-electron chi connectivity index (χ0n) is 13.2. The van der Waals surface area contributed by atoms with Gasteiger partial charge in [-0.05, 0) is 27.9 Å². The Labute approximate surface area is 124 Å². The molecule has 0 saturated heterocycles. The van der Waals surface area contributed by atoms with Crippen molar-refractivity contribution in [2.45, 2.75) is 20.0 Å². The molecule has 8 nitrogen and oxygen atoms in total. The molecule has 2 N–H and O–H groups in total. The van der Waals surface area contributed by atoms with Gasteiger partial charge in [-0.25, -0.2) is 0 Å². The molecule has 0 radical (unpaired) electrons. The summed E-state index contributed by atoms with van der Waals surface area (Å²) in [5, 5.41) is 11.1. The number of rotatable bonds is 7. The Morgan fingerprint density at radius 1 is 1.38 bits per heavy atom. The minimum Gasteiger partial charge on any atom is -0.470 e. The van der Waals surface area contributed by atoms with Crippen LogP contribution in [0, 0.1) is 10.1 Å². The van der Waals surface area contributed by atoms with Crippen LogP contribution in [-0.4, -0.2) is 55.1 Å². The minimum atomic E-state index is -0.537. The largest absolute Gasteiger partial charge is 0.470 e. The highest BCUT2D eigenvalue weighted by atomic mass is 16.6. The number of nitrogen functional groups attached to an aromatic ring is 1. The lowest BCUT2D eigenvalue weighted by atomic mass is 10.3. The lowest BCUT2D eigenvalue weighted by Gasteiger charge is -2.22. The highest BCUT2D eigenvalue weighted by Crippen LogP contribution is 2.33. The van der Waals surface area contributed by atoms with Gasteiger partial charge in [-0.3, -0.25) is 10.1 Å². The molecule has 0 aliphatic rings. The van der Waals surface area contributed by atoms with E-state index in [4.69, 9.17) is 10.5 Å². The van der Waals surface area contributed by atoms with E-state index in [0.29, 0.717) is 12.4 Å². The average molecular weight is 297 g/mol. The van der Waals surface area contributed by atoms with Gasteiger partial charge in [-0.2, -0.15) is 4.98 Å². The number of hydrogen-bond acceptors (Lipinski definition) is 7. The van der Waals surface area contributed by atoms with Gasteiger partial charge in [0.1, 0.15) is 0 Å². The van der Waals surface area contributed by atoms with E-state index in [1.54, 1.807) is 13.8 Å². The Morgan fingerprint density at radius 2 is 2.00 bits per heavy atom. The van der Waals surface area contributed by atoms with Gasteiger partial charge in [0.25, 0.3) is 5.88 Å². The lowest BCUT2D eigenvalue weighted by molar-refractivity contribution is -0.386. The zero-order chi connectivity index (χ0) is 16.2. The first-order valence-electron chi connectivity index (χ1n) is 6.69. The molecule has 0 unspecified atom stereocenters. The molecule has 0 fully saturated rings. The second-order valence-corrected chi connectivity index (χ2v) is 5.37. The monoisotopic (exact) mass is 297 g/mol. The van der Waals surface area contributed by atoms with Gasteiger partial charge >= 0.3 is 5.69 Å². The molecule has 1 rings (SSSR count). The molecule has 21 heavy (non-hydrogen) atoms. The quantitative estimate of drug-likeness (QED) is 0.599. The average Bonchev–Trinajstić information content (AvgIpc) is 2.36. The van der Waals surface area contributed by atoms with Crippen molar-refractivity contribution in [3.8, 4) is 5.88 Å². The first-order chi connectivity index (χ1) is 9.72. The fourth-order valence-electron chi connectivity index (χ4n) is 1.69. The summed E-state index contributed by atoms with van der Waals surface area (Å²) in [6.45, 7) is 5.09. The predicted molar refractivity (Wildman–Crippen MR) is 82.9 cm³/mol. The second-order valence-electron chi connectivity index (χ2n) is 5.37. The number of nitrogens with zero attached hydrogens (tertiary/aromatic N) is 4. The Bertz CT molecular complexity index is 505. The highest BCUT2D eigenvalue weighted by Gasteiger charge is 2.22. The van der Waals surface area contributed by atoms with Crippen molar-refractivity contribution in [1.82, 2.24) is 9.88 Å². The van der Waals surface area contributed by atoms with E-state index in [-0.39, 0.29) is 23.4 Å². The van der Waals surface area contributed by atoms with Crippen molar-refractivity contribution in [2.75, 3.05) is 44.9 Å². The number of likely N-dealkylation sites (N-methyl/N-ethyl adjacent to an activating group) is 2. The van der Waals surface area contributed by atoms with Crippen molar-refractivity contribution in [3.63, 3.8) is 0 Å². The van der Waals surface area contributed by atoms with E-state index < -0.39 is 4.92 Å². The van der Waals surface area contributed by atoms with Crippen molar-refractivity contribution in [2.24, 2.45) is 0 Å². The van der Waals surface area contributed by atoms with Crippen molar-refractivity contribution >= 4 is 17.2 Å². The summed E-state index contributed by atoms with van der Waals surface area (Å²) >= 11 is 0. The van der Waals surface area contributed by atoms with Crippen LogP contribution in [0.25, 0.3) is 0 Å². The van der Waals surface area contributed by atoms with Gasteiger partial charge in [0.15, 0.2) is 5.82 Å². The van der Waals surface area contributed by atoms with Gasteiger partial charge < -0.3 is 20.3 Å². The summed E-state index contributed by atoms with van der Waals surface area (Å²) in [5.41, 5.74) is 5.93. The number of nitro groups is 1. The van der Waals surface area contributed by atoms with Crippen LogP contribution >= 0.6 is 0 Å². The van der Waals surface area contributed by atoms with Gasteiger partial charge in [-0.1, -0.05) is 0 Å². The van der Waals surface area contributed by atoms with Crippen LogP contribution in [0.4, 0.5) is 17.2 Å². The number of anilines is 2. The Hall–Kier alpha value is -2.09. The van der Waals surface area contributed by atoms with Crippen LogP contribution in [0.5, 0.6) is 5.88 Å². The Balaban J connectivity index is 3.12. The van der Waals surface area contributed by atoms with Crippen LogP contribution < -0.4 is 15.4 Å². The molecule has 1 aromatic rings. The number of aromatic nitrogens is 1. The molecule has 1 heterocycles. The molecule has 0 saturated carbocycles. The van der Waals surface area contributed by atoms with E-state index >= 15 is 0 Å². The zero-order valence-corrected chi connectivity index (χ0v) is 13.2. The molecule has 1 aromatic heterocycles. The Morgan fingerprint density at radius 3 is 2.48 bits per heavy atom. The maximum Gasteiger partial charge on any atom is 0.333 e. The first-order valence-corrected chi connectivity index (χ1v) is 6.69. The summed E-state index contributed by atoms with van der Waals surface area (Å²) in [5.74, 6) is 0.481. The van der Waals surface area contributed by atoms with Crippen LogP contribution in [-0.2, 0) is 0 Å². The molecular weight excluding hydrogens is 274 g/mol. The third kappa shape index (κ3) is 4.75. The topological polar surface area (TPSA) is 97.8 Å². The third-order valence-corrected chi connectivity index (χ3v) is 2.77. The van der Waals surface area contributed by atoms with Crippen molar-refractivity contribution in [3.05, 3.63) is 16.2 Å². The first kappa shape index (κ1) is 17.0. The van der Waals surface area contributed by atoms with E-state index in [2.05, 4.69) is 4.98 Å². The lowest BCUT2D eigenvalue weighted by Crippen LogP contribution is -2.29. The molecule has 0 bridgehead atoms.